The number of amides is 1. The number of aryl methyl sites for hydroxylation is 2. The van der Waals surface area contributed by atoms with Gasteiger partial charge < -0.3 is 14.6 Å². The first-order valence-corrected chi connectivity index (χ1v) is 10.5. The van der Waals surface area contributed by atoms with E-state index in [9.17, 15) is 4.79 Å². The summed E-state index contributed by atoms with van der Waals surface area (Å²) in [6.45, 7) is 4.09. The summed E-state index contributed by atoms with van der Waals surface area (Å²) < 4.78 is 7.11. The molecule has 1 atom stereocenters. The number of furan rings is 1. The fourth-order valence-electron chi connectivity index (χ4n) is 3.73. The second-order valence-electron chi connectivity index (χ2n) is 7.71. The summed E-state index contributed by atoms with van der Waals surface area (Å²) in [7, 11) is 0. The minimum absolute atomic E-state index is 0.0147. The Balaban J connectivity index is 1.32. The van der Waals surface area contributed by atoms with Crippen LogP contribution in [-0.4, -0.2) is 44.8 Å². The predicted molar refractivity (Wildman–Crippen MR) is 110 cm³/mol. The smallest absolute Gasteiger partial charge is 0.220 e. The highest BCUT2D eigenvalue weighted by Gasteiger charge is 2.16. The first kappa shape index (κ1) is 19.4. The van der Waals surface area contributed by atoms with E-state index in [0.29, 0.717) is 18.5 Å². The van der Waals surface area contributed by atoms with Crippen molar-refractivity contribution in [2.45, 2.75) is 57.9 Å². The van der Waals surface area contributed by atoms with Crippen LogP contribution in [0.15, 0.2) is 34.9 Å². The molecule has 1 aliphatic heterocycles. The van der Waals surface area contributed by atoms with E-state index in [1.807, 2.05) is 31.2 Å². The van der Waals surface area contributed by atoms with Gasteiger partial charge in [-0.15, -0.1) is 15.3 Å². The molecule has 0 aliphatic carbocycles. The minimum atomic E-state index is 0.0147. The maximum Gasteiger partial charge on any atom is 0.220 e. The summed E-state index contributed by atoms with van der Waals surface area (Å²) in [5, 5.41) is 16.2. The van der Waals surface area contributed by atoms with Crippen LogP contribution in [0.2, 0.25) is 0 Å². The van der Waals surface area contributed by atoms with E-state index >= 15 is 0 Å². The molecule has 0 saturated carbocycles. The largest absolute Gasteiger partial charge is 0.469 e. The van der Waals surface area contributed by atoms with E-state index in [1.165, 1.54) is 19.3 Å². The van der Waals surface area contributed by atoms with Crippen molar-refractivity contribution in [3.8, 4) is 0 Å². The lowest BCUT2D eigenvalue weighted by Gasteiger charge is -2.27. The summed E-state index contributed by atoms with van der Waals surface area (Å²) in [4.78, 5) is 14.6. The molecule has 0 bridgehead atoms. The molecule has 0 aromatic carbocycles. The number of aromatic nitrogens is 4. The zero-order valence-corrected chi connectivity index (χ0v) is 16.9. The van der Waals surface area contributed by atoms with Crippen molar-refractivity contribution in [3.63, 3.8) is 0 Å². The molecule has 1 fully saturated rings. The van der Waals surface area contributed by atoms with Gasteiger partial charge in [0, 0.05) is 38.4 Å². The Morgan fingerprint density at radius 3 is 2.83 bits per heavy atom. The molecule has 154 valence electrons. The van der Waals surface area contributed by atoms with Gasteiger partial charge in [0.25, 0.3) is 0 Å². The van der Waals surface area contributed by atoms with Gasteiger partial charge in [0.15, 0.2) is 11.5 Å². The number of hydrogen-bond donors (Lipinski definition) is 1. The maximum absolute atomic E-state index is 12.3. The highest BCUT2D eigenvalue weighted by Crippen LogP contribution is 2.18. The van der Waals surface area contributed by atoms with E-state index in [-0.39, 0.29) is 11.9 Å². The van der Waals surface area contributed by atoms with Crippen molar-refractivity contribution < 1.29 is 9.21 Å². The fraction of sp³-hybridized carbons (Fsp3) is 0.524. The Morgan fingerprint density at radius 2 is 2.03 bits per heavy atom. The van der Waals surface area contributed by atoms with Crippen LogP contribution in [0.5, 0.6) is 0 Å². The Kier molecular flexibility index (Phi) is 6.07. The van der Waals surface area contributed by atoms with Gasteiger partial charge in [0.05, 0.1) is 6.26 Å². The molecule has 1 aliphatic rings. The monoisotopic (exact) mass is 396 g/mol. The Bertz CT molecular complexity index is 930. The fourth-order valence-corrected chi connectivity index (χ4v) is 3.73. The summed E-state index contributed by atoms with van der Waals surface area (Å²) in [5.41, 5.74) is 0.716. The van der Waals surface area contributed by atoms with Gasteiger partial charge in [-0.05, 0) is 56.9 Å². The molecule has 4 heterocycles. The quantitative estimate of drug-likeness (QED) is 0.630. The molecule has 4 rings (SSSR count). The number of carbonyl (C=O) groups is 1. The Morgan fingerprint density at radius 1 is 1.17 bits per heavy atom. The van der Waals surface area contributed by atoms with Crippen LogP contribution < -0.4 is 10.2 Å². The van der Waals surface area contributed by atoms with E-state index in [2.05, 4.69) is 20.4 Å². The summed E-state index contributed by atoms with van der Waals surface area (Å²) in [6, 6.07) is 7.88. The predicted octanol–water partition coefficient (Wildman–Crippen LogP) is 2.78. The van der Waals surface area contributed by atoms with Crippen molar-refractivity contribution in [3.05, 3.63) is 42.1 Å². The SMILES string of the molecule is C[C@@H](CCc1ccco1)NC(=O)CCc1nnc2ccc(N3CCCCC3)nn12. The number of hydrogen-bond acceptors (Lipinski definition) is 6. The summed E-state index contributed by atoms with van der Waals surface area (Å²) in [6.07, 6.45) is 7.88. The maximum atomic E-state index is 12.3. The molecule has 29 heavy (non-hydrogen) atoms. The minimum Gasteiger partial charge on any atom is -0.469 e. The lowest BCUT2D eigenvalue weighted by Crippen LogP contribution is -2.33. The van der Waals surface area contributed by atoms with Crippen LogP contribution >= 0.6 is 0 Å². The van der Waals surface area contributed by atoms with E-state index in [4.69, 9.17) is 9.52 Å². The van der Waals surface area contributed by atoms with Crippen molar-refractivity contribution in [1.29, 1.82) is 0 Å². The summed E-state index contributed by atoms with van der Waals surface area (Å²) in [5.74, 6) is 2.63. The van der Waals surface area contributed by atoms with Crippen molar-refractivity contribution in [2.75, 3.05) is 18.0 Å². The third-order valence-corrected chi connectivity index (χ3v) is 5.38. The van der Waals surface area contributed by atoms with Crippen molar-refractivity contribution >= 4 is 17.4 Å². The molecule has 1 amide bonds. The molecule has 8 heteroatoms. The number of nitrogens with zero attached hydrogens (tertiary/aromatic N) is 5. The van der Waals surface area contributed by atoms with E-state index in [1.54, 1.807) is 10.8 Å². The van der Waals surface area contributed by atoms with Gasteiger partial charge in [0.2, 0.25) is 5.91 Å². The number of piperidine rings is 1. The number of anilines is 1. The molecule has 0 radical (unpaired) electrons. The van der Waals surface area contributed by atoms with Gasteiger partial charge in [-0.25, -0.2) is 0 Å². The average molecular weight is 396 g/mol. The molecular formula is C21H28N6O2. The highest BCUT2D eigenvalue weighted by molar-refractivity contribution is 5.76. The molecule has 0 spiro atoms. The molecule has 0 unspecified atom stereocenters. The second-order valence-corrected chi connectivity index (χ2v) is 7.71. The van der Waals surface area contributed by atoms with Crippen LogP contribution in [0.25, 0.3) is 5.65 Å². The zero-order chi connectivity index (χ0) is 20.1. The Hall–Kier alpha value is -2.90. The standard InChI is InChI=1S/C21H28N6O2/c1-16(7-8-17-6-5-15-29-17)22-21(28)12-11-19-24-23-18-9-10-20(25-27(18)19)26-13-3-2-4-14-26/h5-6,9-10,15-16H,2-4,7-8,11-14H2,1H3,(H,22,28)/t16-/m0/s1. The third kappa shape index (κ3) is 4.93. The van der Waals surface area contributed by atoms with Gasteiger partial charge in [0.1, 0.15) is 11.6 Å². The highest BCUT2D eigenvalue weighted by atomic mass is 16.3. The molecule has 3 aromatic rings. The van der Waals surface area contributed by atoms with Gasteiger partial charge in [-0.1, -0.05) is 0 Å². The van der Waals surface area contributed by atoms with Crippen molar-refractivity contribution in [1.82, 2.24) is 25.1 Å². The molecule has 1 N–H and O–H groups in total. The number of fused-ring (bicyclic) bond motifs is 1. The number of carbonyl (C=O) groups excluding carboxylic acids is 1. The van der Waals surface area contributed by atoms with E-state index < -0.39 is 0 Å². The number of nitrogens with one attached hydrogen (secondary N) is 1. The normalized spacial score (nSPS) is 15.6. The molecular weight excluding hydrogens is 368 g/mol. The van der Waals surface area contributed by atoms with Gasteiger partial charge >= 0.3 is 0 Å². The lowest BCUT2D eigenvalue weighted by atomic mass is 10.1. The van der Waals surface area contributed by atoms with Crippen LogP contribution in [0.4, 0.5) is 5.82 Å². The molecule has 8 nitrogen and oxygen atoms in total. The molecule has 1 saturated heterocycles. The lowest BCUT2D eigenvalue weighted by molar-refractivity contribution is -0.121. The first-order chi connectivity index (χ1) is 14.2. The first-order valence-electron chi connectivity index (χ1n) is 10.5. The van der Waals surface area contributed by atoms with Gasteiger partial charge in [-0.2, -0.15) is 4.52 Å². The van der Waals surface area contributed by atoms with E-state index in [0.717, 1.165) is 43.3 Å². The van der Waals surface area contributed by atoms with Crippen LogP contribution in [0.1, 0.15) is 50.6 Å². The zero-order valence-electron chi connectivity index (χ0n) is 16.9. The van der Waals surface area contributed by atoms with Crippen LogP contribution in [0, 0.1) is 0 Å². The molecule has 3 aromatic heterocycles. The van der Waals surface area contributed by atoms with Gasteiger partial charge in [-0.3, -0.25) is 4.79 Å². The van der Waals surface area contributed by atoms with Crippen LogP contribution in [0.3, 0.4) is 0 Å². The Labute approximate surface area is 170 Å². The average Bonchev–Trinajstić information content (AvgIpc) is 3.41. The van der Waals surface area contributed by atoms with Crippen LogP contribution in [-0.2, 0) is 17.6 Å². The topological polar surface area (TPSA) is 88.6 Å². The second kappa shape index (κ2) is 9.07. The summed E-state index contributed by atoms with van der Waals surface area (Å²) >= 11 is 0. The third-order valence-electron chi connectivity index (χ3n) is 5.38. The van der Waals surface area contributed by atoms with Crippen molar-refractivity contribution in [2.24, 2.45) is 0 Å². The number of rotatable bonds is 8.